The molecule has 0 bridgehead atoms. The van der Waals surface area contributed by atoms with Crippen LogP contribution in [0.15, 0.2) is 46.8 Å². The number of carboxylic acid groups (broad SMARTS) is 1. The Kier molecular flexibility index (Phi) is 7.18. The first-order valence-electron chi connectivity index (χ1n) is 8.48. The lowest BCUT2D eigenvalue weighted by atomic mass is 10.1. The summed E-state index contributed by atoms with van der Waals surface area (Å²) >= 11 is 15.1. The number of carbonyl (C=O) groups is 2. The van der Waals surface area contributed by atoms with Gasteiger partial charge in [-0.15, -0.1) is 11.3 Å². The minimum Gasteiger partial charge on any atom is -0.478 e. The fourth-order valence-electron chi connectivity index (χ4n) is 2.57. The monoisotopic (exact) mass is 466 g/mol. The Hall–Kier alpha value is -2.06. The molecule has 0 atom stereocenters. The van der Waals surface area contributed by atoms with E-state index in [9.17, 15) is 14.7 Å². The van der Waals surface area contributed by atoms with Crippen molar-refractivity contribution >= 4 is 63.9 Å². The second kappa shape index (κ2) is 9.63. The van der Waals surface area contributed by atoms with Crippen molar-refractivity contribution in [2.75, 3.05) is 11.1 Å². The van der Waals surface area contributed by atoms with Gasteiger partial charge in [0, 0.05) is 21.3 Å². The Balaban J connectivity index is 1.63. The standard InChI is InChI=1S/C20H16Cl2N2O3S2/c1-11-17(9-12-8-13(21)6-7-15(12)22)29-20(23-11)28-10-18(25)24-16-5-3-2-4-14(16)19(26)27/h2-8H,9-10H2,1H3,(H,24,25)(H,26,27). The highest BCUT2D eigenvalue weighted by atomic mass is 35.5. The van der Waals surface area contributed by atoms with Gasteiger partial charge in [-0.3, -0.25) is 4.79 Å². The number of rotatable bonds is 7. The molecule has 29 heavy (non-hydrogen) atoms. The van der Waals surface area contributed by atoms with Gasteiger partial charge in [-0.1, -0.05) is 47.1 Å². The Labute approximate surface area is 186 Å². The molecule has 3 rings (SSSR count). The van der Waals surface area contributed by atoms with Crippen molar-refractivity contribution in [2.24, 2.45) is 0 Å². The van der Waals surface area contributed by atoms with Gasteiger partial charge in [0.05, 0.1) is 22.7 Å². The van der Waals surface area contributed by atoms with Crippen molar-refractivity contribution in [3.05, 3.63) is 74.2 Å². The number of para-hydroxylation sites is 1. The molecule has 9 heteroatoms. The number of aryl methyl sites for hydroxylation is 1. The number of nitrogens with zero attached hydrogens (tertiary/aromatic N) is 1. The van der Waals surface area contributed by atoms with Crippen LogP contribution in [0.1, 0.15) is 26.5 Å². The SMILES string of the molecule is Cc1nc(SCC(=O)Nc2ccccc2C(=O)O)sc1Cc1cc(Cl)ccc1Cl. The van der Waals surface area contributed by atoms with E-state index in [0.29, 0.717) is 16.5 Å². The molecule has 0 spiro atoms. The summed E-state index contributed by atoms with van der Waals surface area (Å²) in [5.74, 6) is -1.26. The molecular formula is C20H16Cl2N2O3S2. The molecule has 0 aliphatic rings. The molecule has 1 aromatic heterocycles. The van der Waals surface area contributed by atoms with Gasteiger partial charge < -0.3 is 10.4 Å². The van der Waals surface area contributed by atoms with E-state index in [1.165, 1.54) is 29.2 Å². The van der Waals surface area contributed by atoms with Gasteiger partial charge in [-0.05, 0) is 42.8 Å². The summed E-state index contributed by atoms with van der Waals surface area (Å²) in [7, 11) is 0. The second-order valence-electron chi connectivity index (χ2n) is 6.09. The first kappa shape index (κ1) is 21.6. The predicted molar refractivity (Wildman–Crippen MR) is 119 cm³/mol. The van der Waals surface area contributed by atoms with Gasteiger partial charge in [0.1, 0.15) is 0 Å². The van der Waals surface area contributed by atoms with Gasteiger partial charge in [0.25, 0.3) is 0 Å². The number of aromatic carboxylic acids is 1. The molecule has 3 aromatic rings. The Bertz CT molecular complexity index is 1070. The highest BCUT2D eigenvalue weighted by Gasteiger charge is 2.15. The maximum atomic E-state index is 12.2. The van der Waals surface area contributed by atoms with Crippen molar-refractivity contribution in [1.29, 1.82) is 0 Å². The van der Waals surface area contributed by atoms with Crippen molar-refractivity contribution in [2.45, 2.75) is 17.7 Å². The first-order valence-corrected chi connectivity index (χ1v) is 11.0. The molecule has 2 N–H and O–H groups in total. The lowest BCUT2D eigenvalue weighted by molar-refractivity contribution is -0.113. The third kappa shape index (κ3) is 5.73. The van der Waals surface area contributed by atoms with Crippen LogP contribution < -0.4 is 5.32 Å². The van der Waals surface area contributed by atoms with Crippen LogP contribution >= 0.6 is 46.3 Å². The smallest absolute Gasteiger partial charge is 0.337 e. The van der Waals surface area contributed by atoms with Crippen LogP contribution in [0.25, 0.3) is 0 Å². The number of carboxylic acids is 1. The van der Waals surface area contributed by atoms with E-state index in [1.807, 2.05) is 13.0 Å². The summed E-state index contributed by atoms with van der Waals surface area (Å²) in [6.07, 6.45) is 0.613. The number of amides is 1. The van der Waals surface area contributed by atoms with E-state index >= 15 is 0 Å². The topological polar surface area (TPSA) is 79.3 Å². The fraction of sp³-hybridized carbons (Fsp3) is 0.150. The van der Waals surface area contributed by atoms with Gasteiger partial charge in [-0.25, -0.2) is 9.78 Å². The first-order chi connectivity index (χ1) is 13.8. The number of thiazole rings is 1. The molecule has 1 heterocycles. The van der Waals surface area contributed by atoms with E-state index in [2.05, 4.69) is 10.3 Å². The van der Waals surface area contributed by atoms with E-state index < -0.39 is 5.97 Å². The van der Waals surface area contributed by atoms with Crippen molar-refractivity contribution < 1.29 is 14.7 Å². The van der Waals surface area contributed by atoms with Crippen molar-refractivity contribution in [3.63, 3.8) is 0 Å². The number of hydrogen-bond donors (Lipinski definition) is 2. The minimum absolute atomic E-state index is 0.0524. The molecular weight excluding hydrogens is 451 g/mol. The van der Waals surface area contributed by atoms with Gasteiger partial charge in [0.15, 0.2) is 4.34 Å². The summed E-state index contributed by atoms with van der Waals surface area (Å²) in [6.45, 7) is 1.91. The van der Waals surface area contributed by atoms with Crippen LogP contribution in [-0.2, 0) is 11.2 Å². The summed E-state index contributed by atoms with van der Waals surface area (Å²) in [5, 5.41) is 13.1. The summed E-state index contributed by atoms with van der Waals surface area (Å²) < 4.78 is 0.761. The fourth-order valence-corrected chi connectivity index (χ4v) is 5.01. The average Bonchev–Trinajstić information content (AvgIpc) is 3.03. The van der Waals surface area contributed by atoms with Gasteiger partial charge in [-0.2, -0.15) is 0 Å². The number of aromatic nitrogens is 1. The zero-order chi connectivity index (χ0) is 21.0. The maximum absolute atomic E-state index is 12.2. The predicted octanol–water partition coefficient (Wildman–Crippen LogP) is 5.78. The third-order valence-corrected chi connectivity index (χ3v) is 6.89. The summed E-state index contributed by atoms with van der Waals surface area (Å²) in [6, 6.07) is 11.6. The van der Waals surface area contributed by atoms with Crippen LogP contribution in [0, 0.1) is 6.92 Å². The zero-order valence-electron chi connectivity index (χ0n) is 15.2. The number of anilines is 1. The van der Waals surface area contributed by atoms with E-state index in [0.717, 1.165) is 20.5 Å². The lowest BCUT2D eigenvalue weighted by Crippen LogP contribution is -2.16. The number of carbonyl (C=O) groups excluding carboxylic acids is 1. The largest absolute Gasteiger partial charge is 0.478 e. The van der Waals surface area contributed by atoms with Crippen LogP contribution in [0.4, 0.5) is 5.69 Å². The lowest BCUT2D eigenvalue weighted by Gasteiger charge is -2.07. The highest BCUT2D eigenvalue weighted by molar-refractivity contribution is 8.01. The Morgan fingerprint density at radius 3 is 2.72 bits per heavy atom. The normalized spacial score (nSPS) is 10.7. The number of nitrogens with one attached hydrogen (secondary N) is 1. The molecule has 0 unspecified atom stereocenters. The molecule has 0 saturated carbocycles. The van der Waals surface area contributed by atoms with Crippen molar-refractivity contribution in [1.82, 2.24) is 4.98 Å². The quantitative estimate of drug-likeness (QED) is 0.431. The van der Waals surface area contributed by atoms with Gasteiger partial charge in [0.2, 0.25) is 5.91 Å². The zero-order valence-corrected chi connectivity index (χ0v) is 18.4. The number of benzene rings is 2. The molecule has 1 amide bonds. The third-order valence-electron chi connectivity index (χ3n) is 3.99. The van der Waals surface area contributed by atoms with E-state index in [1.54, 1.807) is 30.3 Å². The Morgan fingerprint density at radius 2 is 1.97 bits per heavy atom. The highest BCUT2D eigenvalue weighted by Crippen LogP contribution is 2.31. The number of hydrogen-bond acceptors (Lipinski definition) is 5. The van der Waals surface area contributed by atoms with Gasteiger partial charge >= 0.3 is 5.97 Å². The van der Waals surface area contributed by atoms with Crippen LogP contribution in [-0.4, -0.2) is 27.7 Å². The molecule has 2 aromatic carbocycles. The molecule has 0 radical (unpaired) electrons. The van der Waals surface area contributed by atoms with Crippen LogP contribution in [0.2, 0.25) is 10.0 Å². The second-order valence-corrected chi connectivity index (χ2v) is 9.24. The molecule has 5 nitrogen and oxygen atoms in total. The minimum atomic E-state index is -1.09. The van der Waals surface area contributed by atoms with E-state index in [-0.39, 0.29) is 22.9 Å². The number of halogens is 2. The summed E-state index contributed by atoms with van der Waals surface area (Å²) in [4.78, 5) is 29.0. The molecule has 0 fully saturated rings. The van der Waals surface area contributed by atoms with Crippen molar-refractivity contribution in [3.8, 4) is 0 Å². The summed E-state index contributed by atoms with van der Waals surface area (Å²) in [5.41, 5.74) is 2.13. The molecule has 0 aliphatic heterocycles. The molecule has 150 valence electrons. The van der Waals surface area contributed by atoms with Crippen LogP contribution in [0.3, 0.4) is 0 Å². The van der Waals surface area contributed by atoms with Crippen LogP contribution in [0.5, 0.6) is 0 Å². The maximum Gasteiger partial charge on any atom is 0.337 e. The number of thioether (sulfide) groups is 1. The van der Waals surface area contributed by atoms with E-state index in [4.69, 9.17) is 23.2 Å². The molecule has 0 aliphatic carbocycles. The average molecular weight is 467 g/mol. The Morgan fingerprint density at radius 1 is 1.21 bits per heavy atom. The molecule has 0 saturated heterocycles.